The van der Waals surface area contributed by atoms with E-state index < -0.39 is 12.0 Å². The van der Waals surface area contributed by atoms with E-state index in [-0.39, 0.29) is 12.1 Å². The Morgan fingerprint density at radius 2 is 1.87 bits per heavy atom. The standard InChI is InChI=1S/C10H16N2O3/c1-5(9(13)14)11-10(15)12-8-3-6-2-7(6)4-8/h5-8H,2-4H2,1H3,(H,13,14)(H2,11,12,15)/t5-,6?,7?,8?/m1/s1. The molecule has 5 nitrogen and oxygen atoms in total. The molecule has 2 amide bonds. The second-order valence-corrected chi connectivity index (χ2v) is 4.60. The molecule has 2 unspecified atom stereocenters. The van der Waals surface area contributed by atoms with Gasteiger partial charge in [-0.2, -0.15) is 0 Å². The summed E-state index contributed by atoms with van der Waals surface area (Å²) < 4.78 is 0. The van der Waals surface area contributed by atoms with Crippen LogP contribution in [0.1, 0.15) is 26.2 Å². The first-order chi connectivity index (χ1) is 7.06. The van der Waals surface area contributed by atoms with Crippen LogP contribution in [0, 0.1) is 11.8 Å². The Balaban J connectivity index is 1.70. The Labute approximate surface area is 88.2 Å². The SMILES string of the molecule is C[C@@H](NC(=O)NC1CC2CC2C1)C(=O)O. The van der Waals surface area contributed by atoms with Gasteiger partial charge in [-0.3, -0.25) is 4.79 Å². The summed E-state index contributed by atoms with van der Waals surface area (Å²) in [5.74, 6) is 0.610. The van der Waals surface area contributed by atoms with Gasteiger partial charge in [0.1, 0.15) is 6.04 Å². The number of carboxylic acid groups (broad SMARTS) is 1. The third-order valence-corrected chi connectivity index (χ3v) is 3.30. The zero-order chi connectivity index (χ0) is 11.0. The molecular formula is C10H16N2O3. The van der Waals surface area contributed by atoms with Gasteiger partial charge in [0, 0.05) is 6.04 Å². The van der Waals surface area contributed by atoms with Gasteiger partial charge in [-0.05, 0) is 38.0 Å². The van der Waals surface area contributed by atoms with Crippen molar-refractivity contribution in [1.82, 2.24) is 10.6 Å². The summed E-state index contributed by atoms with van der Waals surface area (Å²) in [6.07, 6.45) is 3.42. The molecule has 0 aromatic carbocycles. The van der Waals surface area contributed by atoms with Crippen molar-refractivity contribution in [3.05, 3.63) is 0 Å². The topological polar surface area (TPSA) is 78.4 Å². The maximum Gasteiger partial charge on any atom is 0.325 e. The monoisotopic (exact) mass is 212 g/mol. The number of hydrogen-bond donors (Lipinski definition) is 3. The largest absolute Gasteiger partial charge is 0.480 e. The molecule has 0 aromatic heterocycles. The van der Waals surface area contributed by atoms with Crippen LogP contribution in [0.25, 0.3) is 0 Å². The Hall–Kier alpha value is -1.26. The zero-order valence-electron chi connectivity index (χ0n) is 8.69. The van der Waals surface area contributed by atoms with Gasteiger partial charge in [-0.1, -0.05) is 0 Å². The highest BCUT2D eigenvalue weighted by molar-refractivity contribution is 5.82. The van der Waals surface area contributed by atoms with Crippen LogP contribution in [0.2, 0.25) is 0 Å². The highest BCUT2D eigenvalue weighted by Gasteiger charge is 2.46. The van der Waals surface area contributed by atoms with Gasteiger partial charge >= 0.3 is 12.0 Å². The van der Waals surface area contributed by atoms with E-state index in [0.29, 0.717) is 0 Å². The van der Waals surface area contributed by atoms with E-state index in [0.717, 1.165) is 24.7 Å². The van der Waals surface area contributed by atoms with Crippen molar-refractivity contribution in [1.29, 1.82) is 0 Å². The summed E-state index contributed by atoms with van der Waals surface area (Å²) in [6, 6.07) is -0.952. The third kappa shape index (κ3) is 2.40. The molecule has 0 spiro atoms. The lowest BCUT2D eigenvalue weighted by Crippen LogP contribution is -2.47. The number of fused-ring (bicyclic) bond motifs is 1. The van der Waals surface area contributed by atoms with Crippen molar-refractivity contribution in [3.63, 3.8) is 0 Å². The number of carboxylic acids is 1. The lowest BCUT2D eigenvalue weighted by atomic mass is 10.2. The highest BCUT2D eigenvalue weighted by Crippen LogP contribution is 2.51. The lowest BCUT2D eigenvalue weighted by Gasteiger charge is -2.16. The van der Waals surface area contributed by atoms with Crippen molar-refractivity contribution in [2.24, 2.45) is 11.8 Å². The molecule has 0 heterocycles. The van der Waals surface area contributed by atoms with Crippen LogP contribution in [0.3, 0.4) is 0 Å². The van der Waals surface area contributed by atoms with Gasteiger partial charge in [0.05, 0.1) is 0 Å². The third-order valence-electron chi connectivity index (χ3n) is 3.30. The number of carbonyl (C=O) groups excluding carboxylic acids is 1. The molecule has 2 aliphatic carbocycles. The molecule has 2 fully saturated rings. The minimum atomic E-state index is -1.01. The second kappa shape index (κ2) is 3.72. The summed E-state index contributed by atoms with van der Waals surface area (Å²) >= 11 is 0. The van der Waals surface area contributed by atoms with Crippen LogP contribution in [-0.4, -0.2) is 29.2 Å². The van der Waals surface area contributed by atoms with E-state index in [9.17, 15) is 9.59 Å². The predicted octanol–water partition coefficient (Wildman–Crippen LogP) is 0.557. The highest BCUT2D eigenvalue weighted by atomic mass is 16.4. The number of hydrogen-bond acceptors (Lipinski definition) is 2. The lowest BCUT2D eigenvalue weighted by molar-refractivity contribution is -0.138. The summed E-state index contributed by atoms with van der Waals surface area (Å²) in [7, 11) is 0. The van der Waals surface area contributed by atoms with Crippen LogP contribution in [-0.2, 0) is 4.79 Å². The number of aliphatic carboxylic acids is 1. The zero-order valence-corrected chi connectivity index (χ0v) is 8.69. The fraction of sp³-hybridized carbons (Fsp3) is 0.800. The van der Waals surface area contributed by atoms with Crippen molar-refractivity contribution in [3.8, 4) is 0 Å². The van der Waals surface area contributed by atoms with E-state index in [1.54, 1.807) is 0 Å². The number of rotatable bonds is 3. The minimum Gasteiger partial charge on any atom is -0.480 e. The van der Waals surface area contributed by atoms with E-state index >= 15 is 0 Å². The molecule has 0 bridgehead atoms. The summed E-state index contributed by atoms with van der Waals surface area (Å²) in [5, 5.41) is 13.8. The van der Waals surface area contributed by atoms with Gasteiger partial charge in [-0.15, -0.1) is 0 Å². The first kappa shape index (κ1) is 10.3. The maximum atomic E-state index is 11.3. The molecular weight excluding hydrogens is 196 g/mol. The van der Waals surface area contributed by atoms with E-state index in [1.165, 1.54) is 13.3 Å². The summed E-state index contributed by atoms with van der Waals surface area (Å²) in [6.45, 7) is 1.45. The fourth-order valence-electron chi connectivity index (χ4n) is 2.32. The molecule has 0 aliphatic heterocycles. The van der Waals surface area contributed by atoms with E-state index in [4.69, 9.17) is 5.11 Å². The normalized spacial score (nSPS) is 34.1. The Morgan fingerprint density at radius 1 is 1.27 bits per heavy atom. The molecule has 2 saturated carbocycles. The van der Waals surface area contributed by atoms with Crippen LogP contribution in [0.15, 0.2) is 0 Å². The molecule has 0 saturated heterocycles. The number of urea groups is 1. The minimum absolute atomic E-state index is 0.245. The maximum absolute atomic E-state index is 11.3. The molecule has 84 valence electrons. The van der Waals surface area contributed by atoms with Gasteiger partial charge < -0.3 is 15.7 Å². The molecule has 5 heteroatoms. The van der Waals surface area contributed by atoms with Crippen molar-refractivity contribution in [2.75, 3.05) is 0 Å². The van der Waals surface area contributed by atoms with E-state index in [2.05, 4.69) is 10.6 Å². The van der Waals surface area contributed by atoms with Gasteiger partial charge in [0.2, 0.25) is 0 Å². The second-order valence-electron chi connectivity index (χ2n) is 4.60. The van der Waals surface area contributed by atoms with Gasteiger partial charge in [0.15, 0.2) is 0 Å². The first-order valence-electron chi connectivity index (χ1n) is 5.36. The van der Waals surface area contributed by atoms with Crippen LogP contribution < -0.4 is 10.6 Å². The molecule has 3 N–H and O–H groups in total. The van der Waals surface area contributed by atoms with Crippen LogP contribution in [0.5, 0.6) is 0 Å². The Morgan fingerprint density at radius 3 is 2.40 bits per heavy atom. The van der Waals surface area contributed by atoms with Crippen LogP contribution >= 0.6 is 0 Å². The van der Waals surface area contributed by atoms with Gasteiger partial charge in [-0.25, -0.2) is 4.79 Å². The fourth-order valence-corrected chi connectivity index (χ4v) is 2.32. The molecule has 0 aromatic rings. The van der Waals surface area contributed by atoms with Crippen molar-refractivity contribution in [2.45, 2.75) is 38.3 Å². The number of amides is 2. The molecule has 2 rings (SSSR count). The molecule has 3 atom stereocenters. The Kier molecular flexibility index (Phi) is 2.54. The summed E-state index contributed by atoms with van der Waals surface area (Å²) in [5.41, 5.74) is 0. The van der Waals surface area contributed by atoms with Crippen LogP contribution in [0.4, 0.5) is 4.79 Å². The van der Waals surface area contributed by atoms with Gasteiger partial charge in [0.25, 0.3) is 0 Å². The van der Waals surface area contributed by atoms with E-state index in [1.807, 2.05) is 0 Å². The average Bonchev–Trinajstić information content (AvgIpc) is 2.73. The summed E-state index contributed by atoms with van der Waals surface area (Å²) in [4.78, 5) is 21.8. The van der Waals surface area contributed by atoms with Crippen molar-refractivity contribution < 1.29 is 14.7 Å². The molecule has 0 radical (unpaired) electrons. The smallest absolute Gasteiger partial charge is 0.325 e. The predicted molar refractivity (Wildman–Crippen MR) is 53.4 cm³/mol. The Bertz CT molecular complexity index is 282. The quantitative estimate of drug-likeness (QED) is 0.639. The molecule has 2 aliphatic rings. The van der Waals surface area contributed by atoms with Crippen molar-refractivity contribution >= 4 is 12.0 Å². The average molecular weight is 212 g/mol. The first-order valence-corrected chi connectivity index (χ1v) is 5.36. The molecule has 15 heavy (non-hydrogen) atoms. The number of nitrogens with one attached hydrogen (secondary N) is 2. The number of carbonyl (C=O) groups is 2.